The Labute approximate surface area is 160 Å². The summed E-state index contributed by atoms with van der Waals surface area (Å²) in [5.74, 6) is -0.578. The highest BCUT2D eigenvalue weighted by molar-refractivity contribution is 5.94. The lowest BCUT2D eigenvalue weighted by atomic mass is 10.1. The molecule has 1 aromatic heterocycles. The third-order valence-corrected chi connectivity index (χ3v) is 4.60. The smallest absolute Gasteiger partial charge is 0.327 e. The van der Waals surface area contributed by atoms with Gasteiger partial charge in [0, 0.05) is 18.0 Å². The second-order valence-corrected chi connectivity index (χ2v) is 6.55. The molecular formula is C19H20F3N4O2+. The molecule has 2 aromatic rings. The van der Waals surface area contributed by atoms with Gasteiger partial charge in [-0.1, -0.05) is 12.1 Å². The van der Waals surface area contributed by atoms with Gasteiger partial charge >= 0.3 is 6.18 Å². The fraction of sp³-hybridized carbons (Fsp3) is 0.316. The average Bonchev–Trinajstić information content (AvgIpc) is 2.68. The van der Waals surface area contributed by atoms with Crippen molar-refractivity contribution in [2.75, 3.05) is 38.0 Å². The highest BCUT2D eigenvalue weighted by Crippen LogP contribution is 2.34. The number of carbonyl (C=O) groups excluding carboxylic acids is 2. The van der Waals surface area contributed by atoms with Gasteiger partial charge in [-0.25, -0.2) is 0 Å². The quantitative estimate of drug-likeness (QED) is 0.817. The van der Waals surface area contributed by atoms with Crippen LogP contribution in [0.15, 0.2) is 48.8 Å². The van der Waals surface area contributed by atoms with Crippen LogP contribution >= 0.6 is 0 Å². The molecule has 1 fully saturated rings. The van der Waals surface area contributed by atoms with E-state index in [0.29, 0.717) is 31.7 Å². The number of amides is 2. The number of carbonyl (C=O) groups is 2. The van der Waals surface area contributed by atoms with Gasteiger partial charge in [0.25, 0.3) is 11.8 Å². The number of anilines is 1. The van der Waals surface area contributed by atoms with Crippen LogP contribution in [0.5, 0.6) is 0 Å². The van der Waals surface area contributed by atoms with Gasteiger partial charge in [-0.05, 0) is 24.3 Å². The number of pyridine rings is 1. The molecule has 148 valence electrons. The highest BCUT2D eigenvalue weighted by atomic mass is 19.4. The zero-order valence-corrected chi connectivity index (χ0v) is 15.0. The van der Waals surface area contributed by atoms with Crippen LogP contribution in [0.4, 0.5) is 18.9 Å². The predicted octanol–water partition coefficient (Wildman–Crippen LogP) is 1.08. The molecule has 2 N–H and O–H groups in total. The molecule has 6 nitrogen and oxygen atoms in total. The van der Waals surface area contributed by atoms with E-state index in [1.165, 1.54) is 18.2 Å². The first-order valence-electron chi connectivity index (χ1n) is 8.83. The van der Waals surface area contributed by atoms with Crippen LogP contribution in [0.25, 0.3) is 0 Å². The van der Waals surface area contributed by atoms with Crippen LogP contribution in [0.3, 0.4) is 0 Å². The Kier molecular flexibility index (Phi) is 5.93. The molecule has 3 rings (SSSR count). The summed E-state index contributed by atoms with van der Waals surface area (Å²) in [7, 11) is 0. The van der Waals surface area contributed by atoms with Crippen molar-refractivity contribution < 1.29 is 27.7 Å². The second kappa shape index (κ2) is 8.39. The van der Waals surface area contributed by atoms with E-state index in [1.54, 1.807) is 29.4 Å². The summed E-state index contributed by atoms with van der Waals surface area (Å²) in [4.78, 5) is 31.1. The fourth-order valence-electron chi connectivity index (χ4n) is 3.14. The van der Waals surface area contributed by atoms with Crippen LogP contribution in [0.1, 0.15) is 15.9 Å². The molecule has 0 bridgehead atoms. The third-order valence-electron chi connectivity index (χ3n) is 4.60. The zero-order chi connectivity index (χ0) is 20.1. The number of alkyl halides is 3. The lowest BCUT2D eigenvalue weighted by Crippen LogP contribution is -3.15. The number of nitrogens with one attached hydrogen (secondary N) is 2. The van der Waals surface area contributed by atoms with Gasteiger partial charge < -0.3 is 15.1 Å². The number of piperazine rings is 1. The summed E-state index contributed by atoms with van der Waals surface area (Å²) >= 11 is 0. The number of hydrogen-bond acceptors (Lipinski definition) is 3. The summed E-state index contributed by atoms with van der Waals surface area (Å²) in [6.45, 7) is 2.09. The molecule has 0 spiro atoms. The van der Waals surface area contributed by atoms with E-state index < -0.39 is 17.6 Å². The van der Waals surface area contributed by atoms with E-state index in [2.05, 4.69) is 10.3 Å². The maximum atomic E-state index is 13.0. The van der Waals surface area contributed by atoms with Gasteiger partial charge in [0.2, 0.25) is 0 Å². The summed E-state index contributed by atoms with van der Waals surface area (Å²) in [6, 6.07) is 8.19. The Morgan fingerprint density at radius 1 is 1.07 bits per heavy atom. The molecule has 0 atom stereocenters. The minimum absolute atomic E-state index is 0.0451. The molecule has 0 aliphatic carbocycles. The average molecular weight is 393 g/mol. The standard InChI is InChI=1S/C19H19F3N4O2/c20-19(21,22)15-3-1-2-4-16(15)24-17(27)13-25-9-11-26(12-10-25)18(28)14-5-7-23-8-6-14/h1-8H,9-13H2,(H,24,27)/p+1. The molecule has 0 saturated carbocycles. The van der Waals surface area contributed by atoms with E-state index in [4.69, 9.17) is 0 Å². The molecule has 1 saturated heterocycles. The van der Waals surface area contributed by atoms with Crippen molar-refractivity contribution in [3.8, 4) is 0 Å². The third kappa shape index (κ3) is 4.86. The van der Waals surface area contributed by atoms with Crippen molar-refractivity contribution in [3.63, 3.8) is 0 Å². The van der Waals surface area contributed by atoms with Gasteiger partial charge in [0.1, 0.15) is 0 Å². The molecule has 2 heterocycles. The second-order valence-electron chi connectivity index (χ2n) is 6.55. The van der Waals surface area contributed by atoms with Crippen molar-refractivity contribution in [1.29, 1.82) is 0 Å². The molecule has 1 aliphatic heterocycles. The van der Waals surface area contributed by atoms with Crippen LogP contribution in [0.2, 0.25) is 0 Å². The fourth-order valence-corrected chi connectivity index (χ4v) is 3.14. The Morgan fingerprint density at radius 2 is 1.71 bits per heavy atom. The molecule has 28 heavy (non-hydrogen) atoms. The van der Waals surface area contributed by atoms with E-state index in [9.17, 15) is 22.8 Å². The molecule has 0 radical (unpaired) electrons. The van der Waals surface area contributed by atoms with Crippen LogP contribution < -0.4 is 10.2 Å². The van der Waals surface area contributed by atoms with Crippen molar-refractivity contribution in [3.05, 3.63) is 59.9 Å². The zero-order valence-electron chi connectivity index (χ0n) is 15.0. The number of benzene rings is 1. The van der Waals surface area contributed by atoms with Gasteiger partial charge in [-0.3, -0.25) is 14.6 Å². The number of hydrogen-bond donors (Lipinski definition) is 2. The summed E-state index contributed by atoms with van der Waals surface area (Å²) in [5.41, 5.74) is -0.558. The Balaban J connectivity index is 1.53. The number of nitrogens with zero attached hydrogens (tertiary/aromatic N) is 2. The number of aromatic nitrogens is 1. The van der Waals surface area contributed by atoms with Crippen LogP contribution in [0, 0.1) is 0 Å². The Morgan fingerprint density at radius 3 is 2.36 bits per heavy atom. The van der Waals surface area contributed by atoms with Crippen molar-refractivity contribution in [2.24, 2.45) is 0 Å². The maximum absolute atomic E-state index is 13.0. The van der Waals surface area contributed by atoms with E-state index >= 15 is 0 Å². The summed E-state index contributed by atoms with van der Waals surface area (Å²) in [6.07, 6.45) is -1.43. The normalized spacial score (nSPS) is 15.3. The first-order valence-corrected chi connectivity index (χ1v) is 8.83. The minimum atomic E-state index is -4.53. The van der Waals surface area contributed by atoms with Gasteiger partial charge in [0.05, 0.1) is 37.4 Å². The monoisotopic (exact) mass is 393 g/mol. The van der Waals surface area contributed by atoms with E-state index in [1.807, 2.05) is 0 Å². The lowest BCUT2D eigenvalue weighted by molar-refractivity contribution is -0.895. The van der Waals surface area contributed by atoms with E-state index in [0.717, 1.165) is 11.0 Å². The van der Waals surface area contributed by atoms with Crippen molar-refractivity contribution >= 4 is 17.5 Å². The number of quaternary nitrogens is 1. The van der Waals surface area contributed by atoms with Crippen molar-refractivity contribution in [2.45, 2.75) is 6.18 Å². The number of para-hydroxylation sites is 1. The predicted molar refractivity (Wildman–Crippen MR) is 95.8 cm³/mol. The molecule has 0 unspecified atom stereocenters. The van der Waals surface area contributed by atoms with Crippen LogP contribution in [-0.4, -0.2) is 54.4 Å². The molecule has 9 heteroatoms. The topological polar surface area (TPSA) is 66.7 Å². The molecule has 2 amide bonds. The Bertz CT molecular complexity index is 835. The molecule has 1 aromatic carbocycles. The Hall–Kier alpha value is -2.94. The lowest BCUT2D eigenvalue weighted by Gasteiger charge is -2.32. The first-order chi connectivity index (χ1) is 13.3. The maximum Gasteiger partial charge on any atom is 0.418 e. The number of halogens is 3. The molecular weight excluding hydrogens is 373 g/mol. The summed E-state index contributed by atoms with van der Waals surface area (Å²) in [5, 5.41) is 2.36. The van der Waals surface area contributed by atoms with E-state index in [-0.39, 0.29) is 18.1 Å². The van der Waals surface area contributed by atoms with Gasteiger partial charge in [-0.15, -0.1) is 0 Å². The summed E-state index contributed by atoms with van der Waals surface area (Å²) < 4.78 is 39.1. The first kappa shape index (κ1) is 19.8. The van der Waals surface area contributed by atoms with Crippen LogP contribution in [-0.2, 0) is 11.0 Å². The van der Waals surface area contributed by atoms with Gasteiger partial charge in [-0.2, -0.15) is 13.2 Å². The minimum Gasteiger partial charge on any atom is -0.327 e. The SMILES string of the molecule is O=C(C[NH+]1CCN(C(=O)c2ccncc2)CC1)Nc1ccccc1C(F)(F)F. The number of rotatable bonds is 4. The van der Waals surface area contributed by atoms with Gasteiger partial charge in [0.15, 0.2) is 6.54 Å². The molecule has 1 aliphatic rings. The largest absolute Gasteiger partial charge is 0.418 e. The van der Waals surface area contributed by atoms with Crippen molar-refractivity contribution in [1.82, 2.24) is 9.88 Å². The highest BCUT2D eigenvalue weighted by Gasteiger charge is 2.34.